The van der Waals surface area contributed by atoms with Crippen molar-refractivity contribution in [3.05, 3.63) is 26.6 Å². The number of carbonyl (C=O) groups excluding carboxylic acids is 2. The molecule has 2 aromatic heterocycles. The minimum atomic E-state index is -0.484. The molecule has 0 saturated heterocycles. The molecule has 1 aliphatic rings. The number of H-pyrrole nitrogens is 1. The van der Waals surface area contributed by atoms with Gasteiger partial charge in [0, 0.05) is 30.1 Å². The van der Waals surface area contributed by atoms with Crippen LogP contribution < -0.4 is 16.2 Å². The van der Waals surface area contributed by atoms with Gasteiger partial charge in [-0.05, 0) is 38.2 Å². The molecule has 3 rings (SSSR count). The highest BCUT2D eigenvalue weighted by Crippen LogP contribution is 2.33. The zero-order valence-corrected chi connectivity index (χ0v) is 18.1. The summed E-state index contributed by atoms with van der Waals surface area (Å²) in [4.78, 5) is 45.1. The van der Waals surface area contributed by atoms with E-state index in [9.17, 15) is 14.4 Å². The van der Waals surface area contributed by atoms with Crippen molar-refractivity contribution in [1.82, 2.24) is 20.6 Å². The van der Waals surface area contributed by atoms with Gasteiger partial charge in [0.15, 0.2) is 0 Å². The van der Waals surface area contributed by atoms with Gasteiger partial charge in [0.05, 0.1) is 17.7 Å². The summed E-state index contributed by atoms with van der Waals surface area (Å²) in [6, 6.07) is 0. The number of aryl methyl sites for hydroxylation is 2. The Morgan fingerprint density at radius 2 is 2.03 bits per heavy atom. The van der Waals surface area contributed by atoms with E-state index in [4.69, 9.17) is 4.74 Å². The Balaban J connectivity index is 1.40. The van der Waals surface area contributed by atoms with Gasteiger partial charge in [-0.3, -0.25) is 9.59 Å². The van der Waals surface area contributed by atoms with Gasteiger partial charge in [-0.15, -0.1) is 11.3 Å². The number of hydrogen-bond donors (Lipinski definition) is 3. The van der Waals surface area contributed by atoms with Crippen LogP contribution in [0.5, 0.6) is 0 Å². The topological polar surface area (TPSA) is 113 Å². The van der Waals surface area contributed by atoms with Crippen LogP contribution in [0, 0.1) is 0 Å². The molecule has 2 heterocycles. The van der Waals surface area contributed by atoms with Crippen molar-refractivity contribution in [2.24, 2.45) is 0 Å². The Kier molecular flexibility index (Phi) is 7.93. The van der Waals surface area contributed by atoms with Gasteiger partial charge >= 0.3 is 6.09 Å². The average Bonchev–Trinajstić information content (AvgIpc) is 3.07. The van der Waals surface area contributed by atoms with Crippen LogP contribution in [0.4, 0.5) is 4.79 Å². The largest absolute Gasteiger partial charge is 0.450 e. The summed E-state index contributed by atoms with van der Waals surface area (Å²) in [5.74, 6) is 1.77. The predicted octanol–water partition coefficient (Wildman–Crippen LogP) is 2.35. The third kappa shape index (κ3) is 5.96. The number of hydrogen-bond acceptors (Lipinski definition) is 7. The van der Waals surface area contributed by atoms with E-state index >= 15 is 0 Å². The van der Waals surface area contributed by atoms with Gasteiger partial charge in [0.1, 0.15) is 10.7 Å². The molecule has 158 valence electrons. The van der Waals surface area contributed by atoms with Gasteiger partial charge < -0.3 is 20.4 Å². The van der Waals surface area contributed by atoms with Crippen molar-refractivity contribution >= 4 is 45.3 Å². The summed E-state index contributed by atoms with van der Waals surface area (Å²) in [5, 5.41) is 6.06. The van der Waals surface area contributed by atoms with Gasteiger partial charge in [-0.1, -0.05) is 0 Å². The van der Waals surface area contributed by atoms with Crippen LogP contribution in [0.15, 0.2) is 4.79 Å². The summed E-state index contributed by atoms with van der Waals surface area (Å²) in [5.41, 5.74) is 1.15. The maximum absolute atomic E-state index is 12.5. The number of rotatable bonds is 9. The van der Waals surface area contributed by atoms with E-state index in [0.717, 1.165) is 29.5 Å². The van der Waals surface area contributed by atoms with Crippen molar-refractivity contribution in [2.45, 2.75) is 44.8 Å². The van der Waals surface area contributed by atoms with E-state index in [2.05, 4.69) is 20.6 Å². The van der Waals surface area contributed by atoms with E-state index in [1.807, 2.05) is 0 Å². The van der Waals surface area contributed by atoms with Crippen LogP contribution in [-0.2, 0) is 28.1 Å². The minimum absolute atomic E-state index is 0.0446. The number of aromatic amines is 1. The van der Waals surface area contributed by atoms with Crippen molar-refractivity contribution in [1.29, 1.82) is 0 Å². The molecule has 2 amide bonds. The molecule has 0 bridgehead atoms. The third-order valence-electron chi connectivity index (χ3n) is 4.58. The van der Waals surface area contributed by atoms with Crippen molar-refractivity contribution in [2.75, 3.05) is 25.4 Å². The number of thiophene rings is 1. The molecule has 0 saturated carbocycles. The summed E-state index contributed by atoms with van der Waals surface area (Å²) < 4.78 is 4.73. The Labute approximate surface area is 177 Å². The van der Waals surface area contributed by atoms with Crippen molar-refractivity contribution in [3.8, 4) is 0 Å². The van der Waals surface area contributed by atoms with Crippen LogP contribution in [-0.4, -0.2) is 47.4 Å². The number of nitrogens with one attached hydrogen (secondary N) is 3. The molecule has 1 aliphatic carbocycles. The third-order valence-corrected chi connectivity index (χ3v) is 6.73. The molecular weight excluding hydrogens is 412 g/mol. The smallest absolute Gasteiger partial charge is 0.407 e. The average molecular weight is 439 g/mol. The second-order valence-electron chi connectivity index (χ2n) is 6.70. The number of amides is 2. The van der Waals surface area contributed by atoms with Gasteiger partial charge in [0.25, 0.3) is 5.56 Å². The fourth-order valence-corrected chi connectivity index (χ4v) is 5.33. The first-order valence-electron chi connectivity index (χ1n) is 9.87. The highest BCUT2D eigenvalue weighted by molar-refractivity contribution is 7.98. The van der Waals surface area contributed by atoms with Crippen LogP contribution in [0.1, 0.15) is 42.5 Å². The molecule has 0 spiro atoms. The lowest BCUT2D eigenvalue weighted by Gasteiger charge is -2.09. The lowest BCUT2D eigenvalue weighted by atomic mass is 9.97. The van der Waals surface area contributed by atoms with Crippen LogP contribution in [0.2, 0.25) is 0 Å². The van der Waals surface area contributed by atoms with Crippen LogP contribution >= 0.6 is 23.1 Å². The van der Waals surface area contributed by atoms with Gasteiger partial charge in [-0.25, -0.2) is 9.78 Å². The first-order chi connectivity index (χ1) is 14.1. The second-order valence-corrected chi connectivity index (χ2v) is 8.89. The number of thioether (sulfide) groups is 1. The normalized spacial score (nSPS) is 13.1. The quantitative estimate of drug-likeness (QED) is 0.518. The summed E-state index contributed by atoms with van der Waals surface area (Å²) in [6.45, 7) is 2.73. The molecule has 0 aliphatic heterocycles. The Bertz CT molecular complexity index is 925. The number of nitrogens with zero attached hydrogens (tertiary/aromatic N) is 1. The standard InChI is InChI=1S/C19H26N4O4S2/c1-2-27-19(26)21-9-8-20-15(24)7-10-28-11-14-22-17(25)16-12-5-3-4-6-13(12)29-18(16)23-14/h2-11H2,1H3,(H,20,24)(H,21,26)(H,22,23,25). The van der Waals surface area contributed by atoms with Gasteiger partial charge in [-0.2, -0.15) is 11.8 Å². The Hall–Kier alpha value is -2.07. The number of carbonyl (C=O) groups is 2. The van der Waals surface area contributed by atoms with Crippen LogP contribution in [0.25, 0.3) is 10.2 Å². The number of aromatic nitrogens is 2. The molecule has 0 aromatic carbocycles. The fraction of sp³-hybridized carbons (Fsp3) is 0.579. The molecule has 8 nitrogen and oxygen atoms in total. The first kappa shape index (κ1) is 21.6. The fourth-order valence-electron chi connectivity index (χ4n) is 3.25. The number of fused-ring (bicyclic) bond motifs is 3. The zero-order valence-electron chi connectivity index (χ0n) is 16.5. The maximum atomic E-state index is 12.5. The number of alkyl carbamates (subject to hydrolysis) is 1. The molecular formula is C19H26N4O4S2. The molecule has 29 heavy (non-hydrogen) atoms. The molecule has 10 heteroatoms. The minimum Gasteiger partial charge on any atom is -0.450 e. The Morgan fingerprint density at radius 3 is 2.86 bits per heavy atom. The molecule has 0 fully saturated rings. The predicted molar refractivity (Wildman–Crippen MR) is 116 cm³/mol. The van der Waals surface area contributed by atoms with E-state index in [1.54, 1.807) is 30.0 Å². The van der Waals surface area contributed by atoms with E-state index in [1.165, 1.54) is 16.9 Å². The molecule has 0 unspecified atom stereocenters. The molecule has 2 aromatic rings. The summed E-state index contributed by atoms with van der Waals surface area (Å²) in [7, 11) is 0. The van der Waals surface area contributed by atoms with E-state index in [-0.39, 0.29) is 11.5 Å². The molecule has 3 N–H and O–H groups in total. The highest BCUT2D eigenvalue weighted by Gasteiger charge is 2.19. The second kappa shape index (κ2) is 10.6. The summed E-state index contributed by atoms with van der Waals surface area (Å²) in [6.07, 6.45) is 4.22. The monoisotopic (exact) mass is 438 g/mol. The van der Waals surface area contributed by atoms with Gasteiger partial charge in [0.2, 0.25) is 5.91 Å². The Morgan fingerprint density at radius 1 is 1.24 bits per heavy atom. The van der Waals surface area contributed by atoms with E-state index in [0.29, 0.717) is 43.4 Å². The van der Waals surface area contributed by atoms with Crippen LogP contribution in [0.3, 0.4) is 0 Å². The SMILES string of the molecule is CCOC(=O)NCCNC(=O)CCSCc1nc2sc3c(c2c(=O)[nH]1)CCCC3. The zero-order chi connectivity index (χ0) is 20.6. The van der Waals surface area contributed by atoms with Crippen molar-refractivity contribution in [3.63, 3.8) is 0 Å². The van der Waals surface area contributed by atoms with E-state index < -0.39 is 6.09 Å². The summed E-state index contributed by atoms with van der Waals surface area (Å²) >= 11 is 3.20. The molecule has 0 atom stereocenters. The number of ether oxygens (including phenoxy) is 1. The first-order valence-corrected chi connectivity index (χ1v) is 11.8. The maximum Gasteiger partial charge on any atom is 0.407 e. The lowest BCUT2D eigenvalue weighted by Crippen LogP contribution is -2.35. The lowest BCUT2D eigenvalue weighted by molar-refractivity contribution is -0.120. The highest BCUT2D eigenvalue weighted by atomic mass is 32.2. The molecule has 0 radical (unpaired) electrons. The van der Waals surface area contributed by atoms with Crippen molar-refractivity contribution < 1.29 is 14.3 Å².